The van der Waals surface area contributed by atoms with Crippen molar-refractivity contribution in [2.45, 2.75) is 6.61 Å². The van der Waals surface area contributed by atoms with E-state index in [0.717, 1.165) is 18.2 Å². The number of hydrogen-bond acceptors (Lipinski definition) is 6. The molecular formula is C13H10FNO6. The molecular weight excluding hydrogens is 285 g/mol. The second-order valence-corrected chi connectivity index (χ2v) is 3.91. The van der Waals surface area contributed by atoms with Gasteiger partial charge in [0.25, 0.3) is 0 Å². The smallest absolute Gasteiger partial charge is 0.341 e. The Morgan fingerprint density at radius 2 is 2.19 bits per heavy atom. The number of halogens is 1. The minimum atomic E-state index is -0.696. The van der Waals surface area contributed by atoms with Crippen LogP contribution in [0.3, 0.4) is 0 Å². The van der Waals surface area contributed by atoms with Crippen molar-refractivity contribution in [2.24, 2.45) is 0 Å². The molecule has 1 aromatic carbocycles. The van der Waals surface area contributed by atoms with Crippen molar-refractivity contribution in [3.63, 3.8) is 0 Å². The van der Waals surface area contributed by atoms with Gasteiger partial charge >= 0.3 is 11.7 Å². The lowest BCUT2D eigenvalue weighted by atomic mass is 10.2. The number of carbonyl (C=O) groups excluding carboxylic acids is 1. The average molecular weight is 295 g/mol. The second-order valence-electron chi connectivity index (χ2n) is 3.91. The van der Waals surface area contributed by atoms with Gasteiger partial charge in [-0.25, -0.2) is 9.18 Å². The maximum atomic E-state index is 13.1. The highest BCUT2D eigenvalue weighted by Crippen LogP contribution is 2.28. The van der Waals surface area contributed by atoms with Crippen LogP contribution in [0.1, 0.15) is 16.1 Å². The number of ether oxygens (including phenoxy) is 2. The summed E-state index contributed by atoms with van der Waals surface area (Å²) >= 11 is 0. The van der Waals surface area contributed by atoms with Crippen molar-refractivity contribution in [1.82, 2.24) is 0 Å². The molecule has 2 rings (SSSR count). The van der Waals surface area contributed by atoms with Gasteiger partial charge in [-0.3, -0.25) is 10.1 Å². The van der Waals surface area contributed by atoms with E-state index >= 15 is 0 Å². The van der Waals surface area contributed by atoms with Crippen molar-refractivity contribution >= 4 is 11.7 Å². The highest BCUT2D eigenvalue weighted by Gasteiger charge is 2.19. The molecule has 0 radical (unpaired) electrons. The Hall–Kier alpha value is -2.90. The molecule has 0 amide bonds. The summed E-state index contributed by atoms with van der Waals surface area (Å²) in [5.41, 5.74) is -0.251. The Morgan fingerprint density at radius 3 is 2.86 bits per heavy atom. The molecule has 0 saturated heterocycles. The maximum Gasteiger partial charge on any atom is 0.341 e. The van der Waals surface area contributed by atoms with Gasteiger partial charge in [0, 0.05) is 12.1 Å². The summed E-state index contributed by atoms with van der Waals surface area (Å²) in [5, 5.41) is 10.8. The lowest BCUT2D eigenvalue weighted by Crippen LogP contribution is -2.06. The molecule has 0 atom stereocenters. The van der Waals surface area contributed by atoms with Crippen LogP contribution in [-0.4, -0.2) is 18.0 Å². The summed E-state index contributed by atoms with van der Waals surface area (Å²) in [6, 6.07) is 4.22. The van der Waals surface area contributed by atoms with Gasteiger partial charge in [0.1, 0.15) is 18.0 Å². The minimum Gasteiger partial charge on any atom is -0.479 e. The van der Waals surface area contributed by atoms with E-state index in [-0.39, 0.29) is 29.4 Å². The molecule has 7 nitrogen and oxygen atoms in total. The molecule has 0 N–H and O–H groups in total. The van der Waals surface area contributed by atoms with Crippen LogP contribution in [0, 0.1) is 15.9 Å². The van der Waals surface area contributed by atoms with Gasteiger partial charge in [0.05, 0.1) is 18.3 Å². The van der Waals surface area contributed by atoms with E-state index in [1.807, 2.05) is 0 Å². The van der Waals surface area contributed by atoms with Crippen molar-refractivity contribution in [2.75, 3.05) is 7.11 Å². The quantitative estimate of drug-likeness (QED) is 0.478. The molecule has 0 spiro atoms. The molecule has 0 saturated carbocycles. The second kappa shape index (κ2) is 6.04. The number of benzene rings is 1. The molecule has 1 aromatic heterocycles. The highest BCUT2D eigenvalue weighted by atomic mass is 19.1. The third-order valence-electron chi connectivity index (χ3n) is 2.63. The lowest BCUT2D eigenvalue weighted by molar-refractivity contribution is -0.386. The zero-order valence-corrected chi connectivity index (χ0v) is 10.9. The molecule has 110 valence electrons. The third-order valence-corrected chi connectivity index (χ3v) is 2.63. The van der Waals surface area contributed by atoms with Gasteiger partial charge < -0.3 is 13.9 Å². The number of methoxy groups -OCH3 is 1. The SMILES string of the molecule is COC(=O)c1ccoc1COc1cc(F)ccc1[N+](=O)[O-]. The lowest BCUT2D eigenvalue weighted by Gasteiger charge is -2.06. The van der Waals surface area contributed by atoms with Crippen LogP contribution >= 0.6 is 0 Å². The van der Waals surface area contributed by atoms with Crippen molar-refractivity contribution in [3.05, 3.63) is 57.8 Å². The molecule has 0 unspecified atom stereocenters. The molecule has 0 aliphatic carbocycles. The number of rotatable bonds is 5. The number of furan rings is 1. The normalized spacial score (nSPS) is 10.2. The fourth-order valence-electron chi connectivity index (χ4n) is 1.64. The standard InChI is InChI=1S/C13H10FNO6/c1-19-13(16)9-4-5-20-12(9)7-21-11-6-8(14)2-3-10(11)15(17)18/h2-6H,7H2,1H3. The highest BCUT2D eigenvalue weighted by molar-refractivity contribution is 5.90. The first kappa shape index (κ1) is 14.5. The molecule has 0 aliphatic rings. The van der Waals surface area contributed by atoms with Crippen LogP contribution in [0.5, 0.6) is 5.75 Å². The topological polar surface area (TPSA) is 91.8 Å². The van der Waals surface area contributed by atoms with E-state index in [4.69, 9.17) is 9.15 Å². The number of hydrogen-bond donors (Lipinski definition) is 0. The predicted molar refractivity (Wildman–Crippen MR) is 67.4 cm³/mol. The number of esters is 1. The van der Waals surface area contributed by atoms with E-state index in [0.29, 0.717) is 0 Å². The molecule has 2 aromatic rings. The molecule has 1 heterocycles. The van der Waals surface area contributed by atoms with Crippen LogP contribution in [0.15, 0.2) is 34.9 Å². The fourth-order valence-corrected chi connectivity index (χ4v) is 1.64. The average Bonchev–Trinajstić information content (AvgIpc) is 2.92. The largest absolute Gasteiger partial charge is 0.479 e. The van der Waals surface area contributed by atoms with Gasteiger partial charge in [-0.05, 0) is 12.1 Å². The minimum absolute atomic E-state index is 0.125. The first-order valence-corrected chi connectivity index (χ1v) is 5.74. The number of carbonyl (C=O) groups is 1. The maximum absolute atomic E-state index is 13.1. The Kier molecular flexibility index (Phi) is 4.17. The van der Waals surface area contributed by atoms with E-state index in [9.17, 15) is 19.3 Å². The number of nitrogens with zero attached hydrogens (tertiary/aromatic N) is 1. The van der Waals surface area contributed by atoms with Gasteiger partial charge in [-0.1, -0.05) is 0 Å². The van der Waals surface area contributed by atoms with Crippen molar-refractivity contribution in [3.8, 4) is 5.75 Å². The number of nitro benzene ring substituents is 1. The molecule has 8 heteroatoms. The predicted octanol–water partition coefficient (Wildman–Crippen LogP) is 2.69. The third kappa shape index (κ3) is 3.16. The van der Waals surface area contributed by atoms with E-state index in [1.54, 1.807) is 0 Å². The van der Waals surface area contributed by atoms with Crippen molar-refractivity contribution < 1.29 is 28.0 Å². The summed E-state index contributed by atoms with van der Waals surface area (Å²) in [6.07, 6.45) is 1.25. The summed E-state index contributed by atoms with van der Waals surface area (Å²) in [5.74, 6) is -1.44. The first-order valence-electron chi connectivity index (χ1n) is 5.74. The molecule has 0 fully saturated rings. The van der Waals surface area contributed by atoms with Crippen LogP contribution in [-0.2, 0) is 11.3 Å². The number of nitro groups is 1. The zero-order valence-electron chi connectivity index (χ0n) is 10.9. The van der Waals surface area contributed by atoms with Gasteiger partial charge in [-0.15, -0.1) is 0 Å². The Bertz CT molecular complexity index is 681. The summed E-state index contributed by atoms with van der Waals surface area (Å²) in [7, 11) is 1.21. The molecule has 21 heavy (non-hydrogen) atoms. The Balaban J connectivity index is 2.21. The van der Waals surface area contributed by atoms with Crippen molar-refractivity contribution in [1.29, 1.82) is 0 Å². The monoisotopic (exact) mass is 295 g/mol. The van der Waals surface area contributed by atoms with E-state index < -0.39 is 16.7 Å². The van der Waals surface area contributed by atoms with Crippen LogP contribution in [0.2, 0.25) is 0 Å². The van der Waals surface area contributed by atoms with Crippen LogP contribution in [0.25, 0.3) is 0 Å². The van der Waals surface area contributed by atoms with Gasteiger partial charge in [-0.2, -0.15) is 0 Å². The fraction of sp³-hybridized carbons (Fsp3) is 0.154. The summed E-state index contributed by atoms with van der Waals surface area (Å²) in [6.45, 7) is -0.276. The van der Waals surface area contributed by atoms with Crippen LogP contribution in [0.4, 0.5) is 10.1 Å². The van der Waals surface area contributed by atoms with Gasteiger partial charge in [0.15, 0.2) is 11.5 Å². The Morgan fingerprint density at radius 1 is 1.43 bits per heavy atom. The van der Waals surface area contributed by atoms with Gasteiger partial charge in [0.2, 0.25) is 0 Å². The Labute approximate surface area is 118 Å². The first-order chi connectivity index (χ1) is 10.0. The summed E-state index contributed by atoms with van der Waals surface area (Å²) < 4.78 is 27.9. The molecule has 0 aliphatic heterocycles. The molecule has 0 bridgehead atoms. The van der Waals surface area contributed by atoms with E-state index in [2.05, 4.69) is 4.74 Å². The summed E-state index contributed by atoms with van der Waals surface area (Å²) in [4.78, 5) is 21.6. The van der Waals surface area contributed by atoms with E-state index in [1.165, 1.54) is 19.4 Å². The zero-order chi connectivity index (χ0) is 15.4. The van der Waals surface area contributed by atoms with Crippen LogP contribution < -0.4 is 4.74 Å².